The Balaban J connectivity index is 2.29. The molecule has 0 amide bonds. The Labute approximate surface area is 98.2 Å². The molecule has 2 aromatic rings. The molecule has 2 rings (SSSR count). The molecular weight excluding hydrogens is 227 g/mol. The summed E-state index contributed by atoms with van der Waals surface area (Å²) in [4.78, 5) is 6.16. The van der Waals surface area contributed by atoms with Crippen LogP contribution in [0.4, 0.5) is 0 Å². The number of nitrogens with zero attached hydrogens (tertiary/aromatic N) is 2. The molecule has 2 N–H and O–H groups in total. The molecule has 7 heteroatoms. The van der Waals surface area contributed by atoms with Crippen molar-refractivity contribution < 1.29 is 0 Å². The Morgan fingerprint density at radius 2 is 1.40 bits per heavy atom. The fourth-order valence-electron chi connectivity index (χ4n) is 1.34. The zero-order chi connectivity index (χ0) is 11.0. The van der Waals surface area contributed by atoms with E-state index in [4.69, 9.17) is 24.4 Å². The molecule has 77 valence electrons. The summed E-state index contributed by atoms with van der Waals surface area (Å²) < 4.78 is 5.13. The summed E-state index contributed by atoms with van der Waals surface area (Å²) >= 11 is 10.1. The highest BCUT2D eigenvalue weighted by Crippen LogP contribution is 1.85. The quantitative estimate of drug-likeness (QED) is 0.576. The lowest BCUT2D eigenvalue weighted by Gasteiger charge is -1.89. The third kappa shape index (κ3) is 2.13. The molecule has 0 aliphatic rings. The molecule has 0 aliphatic carbocycles. The van der Waals surface area contributed by atoms with Crippen LogP contribution in [-0.4, -0.2) is 26.4 Å². The van der Waals surface area contributed by atoms with E-state index in [0.717, 1.165) is 11.2 Å². The Hall–Kier alpha value is -1.08. The molecule has 15 heavy (non-hydrogen) atoms. The molecule has 0 bridgehead atoms. The topological polar surface area (TPSA) is 41.4 Å². The maximum Gasteiger partial charge on any atom is 0.240 e. The Morgan fingerprint density at radius 1 is 1.00 bits per heavy atom. The van der Waals surface area contributed by atoms with Gasteiger partial charge < -0.3 is 19.1 Å². The smallest absolute Gasteiger partial charge is 0.240 e. The van der Waals surface area contributed by atoms with Crippen molar-refractivity contribution in [1.29, 1.82) is 0 Å². The molecule has 4 nitrogen and oxygen atoms in total. The van der Waals surface area contributed by atoms with Crippen LogP contribution in [0.1, 0.15) is 0 Å². The van der Waals surface area contributed by atoms with Crippen LogP contribution in [0.3, 0.4) is 0 Å². The van der Waals surface area contributed by atoms with E-state index >= 15 is 0 Å². The van der Waals surface area contributed by atoms with Gasteiger partial charge in [0.15, 0.2) is 9.54 Å². The van der Waals surface area contributed by atoms with E-state index in [1.807, 2.05) is 42.9 Å². The summed E-state index contributed by atoms with van der Waals surface area (Å²) in [7, 11) is 5.78. The van der Waals surface area contributed by atoms with Gasteiger partial charge in [-0.05, 0) is 35.6 Å². The zero-order valence-corrected chi connectivity index (χ0v) is 10.1. The third-order valence-corrected chi connectivity index (χ3v) is 2.90. The van der Waals surface area contributed by atoms with Gasteiger partial charge in [-0.15, -0.1) is 0 Å². The maximum absolute atomic E-state index is 5.07. The SMILES string of the molecule is Cn1cc([B]c2cn(C)c(=S)[nH]2)[nH]c1=S. The van der Waals surface area contributed by atoms with Crippen molar-refractivity contribution in [2.75, 3.05) is 0 Å². The number of aryl methyl sites for hydroxylation is 2. The van der Waals surface area contributed by atoms with Crippen LogP contribution in [-0.2, 0) is 14.1 Å². The van der Waals surface area contributed by atoms with E-state index in [9.17, 15) is 0 Å². The van der Waals surface area contributed by atoms with Crippen molar-refractivity contribution in [3.63, 3.8) is 0 Å². The Kier molecular flexibility index (Phi) is 2.66. The van der Waals surface area contributed by atoms with Crippen LogP contribution in [0.5, 0.6) is 0 Å². The van der Waals surface area contributed by atoms with Crippen LogP contribution in [0.15, 0.2) is 12.4 Å². The average molecular weight is 237 g/mol. The van der Waals surface area contributed by atoms with Gasteiger partial charge in [0.25, 0.3) is 0 Å². The largest absolute Gasteiger partial charge is 0.343 e. The number of aromatic nitrogens is 4. The number of nitrogens with one attached hydrogen (secondary N) is 2. The molecule has 0 aliphatic heterocycles. The number of imidazole rings is 2. The summed E-state index contributed by atoms with van der Waals surface area (Å²) in [6.07, 6.45) is 3.87. The summed E-state index contributed by atoms with van der Waals surface area (Å²) in [5.74, 6) is 0. The second-order valence-electron chi connectivity index (χ2n) is 3.40. The van der Waals surface area contributed by atoms with Gasteiger partial charge in [0.2, 0.25) is 7.28 Å². The van der Waals surface area contributed by atoms with Gasteiger partial charge >= 0.3 is 0 Å². The van der Waals surface area contributed by atoms with Gasteiger partial charge in [-0.25, -0.2) is 0 Å². The summed E-state index contributed by atoms with van der Waals surface area (Å²) in [6.45, 7) is 0. The first-order valence-corrected chi connectivity index (χ1v) is 5.24. The second kappa shape index (κ2) is 3.82. The van der Waals surface area contributed by atoms with Gasteiger partial charge in [0.05, 0.1) is 0 Å². The molecule has 0 saturated heterocycles. The van der Waals surface area contributed by atoms with E-state index in [2.05, 4.69) is 9.97 Å². The maximum atomic E-state index is 5.07. The minimum absolute atomic E-state index is 0.704. The minimum Gasteiger partial charge on any atom is -0.343 e. The zero-order valence-electron chi connectivity index (χ0n) is 8.44. The predicted octanol–water partition coefficient (Wildman–Crippen LogP) is 0.134. The molecule has 0 saturated carbocycles. The first kappa shape index (κ1) is 10.4. The van der Waals surface area contributed by atoms with Crippen LogP contribution >= 0.6 is 24.4 Å². The molecular formula is C8H10BN4S2. The van der Waals surface area contributed by atoms with Crippen LogP contribution in [0, 0.1) is 9.54 Å². The number of hydrogen-bond donors (Lipinski definition) is 2. The monoisotopic (exact) mass is 237 g/mol. The van der Waals surface area contributed by atoms with E-state index < -0.39 is 0 Å². The van der Waals surface area contributed by atoms with Gasteiger partial charge in [0, 0.05) is 26.5 Å². The number of H-pyrrole nitrogens is 2. The molecule has 2 aromatic heterocycles. The van der Waals surface area contributed by atoms with Crippen molar-refractivity contribution >= 4 is 42.9 Å². The molecule has 0 aromatic carbocycles. The first-order chi connectivity index (χ1) is 7.06. The van der Waals surface area contributed by atoms with E-state index in [1.54, 1.807) is 0 Å². The lowest BCUT2D eigenvalue weighted by Crippen LogP contribution is -2.29. The lowest BCUT2D eigenvalue weighted by molar-refractivity contribution is 0.894. The normalized spacial score (nSPS) is 10.5. The molecule has 0 unspecified atom stereocenters. The van der Waals surface area contributed by atoms with Crippen molar-refractivity contribution in [2.24, 2.45) is 14.1 Å². The predicted molar refractivity (Wildman–Crippen MR) is 66.2 cm³/mol. The fraction of sp³-hybridized carbons (Fsp3) is 0.250. The van der Waals surface area contributed by atoms with E-state index in [0.29, 0.717) is 9.54 Å². The van der Waals surface area contributed by atoms with Crippen molar-refractivity contribution in [3.05, 3.63) is 21.9 Å². The van der Waals surface area contributed by atoms with Gasteiger partial charge in [-0.3, -0.25) is 0 Å². The number of hydrogen-bond acceptors (Lipinski definition) is 2. The van der Waals surface area contributed by atoms with E-state index in [1.165, 1.54) is 0 Å². The summed E-state index contributed by atoms with van der Waals surface area (Å²) in [6, 6.07) is 0. The molecule has 2 heterocycles. The van der Waals surface area contributed by atoms with Crippen LogP contribution < -0.4 is 11.2 Å². The third-order valence-electron chi connectivity index (χ3n) is 2.12. The summed E-state index contributed by atoms with van der Waals surface area (Å²) in [5, 5.41) is 0. The summed E-state index contributed by atoms with van der Waals surface area (Å²) in [5.41, 5.74) is 1.92. The van der Waals surface area contributed by atoms with Crippen LogP contribution in [0.2, 0.25) is 0 Å². The van der Waals surface area contributed by atoms with Gasteiger partial charge in [-0.2, -0.15) is 0 Å². The standard InChI is InChI=1S/C8H10BN4S2/c1-12-3-5(10-7(12)14)9-6-4-13(2)8(15)11-6/h3-4H,1-2H3,(H,10,14)(H,11,15). The van der Waals surface area contributed by atoms with Crippen molar-refractivity contribution in [2.45, 2.75) is 0 Å². The first-order valence-electron chi connectivity index (χ1n) is 4.42. The Bertz CT molecular complexity index is 536. The lowest BCUT2D eigenvalue weighted by atomic mass is 9.72. The fourth-order valence-corrected chi connectivity index (χ4v) is 1.68. The highest BCUT2D eigenvalue weighted by atomic mass is 32.1. The Morgan fingerprint density at radius 3 is 1.67 bits per heavy atom. The minimum atomic E-state index is 0.704. The molecule has 1 radical (unpaired) electrons. The van der Waals surface area contributed by atoms with Gasteiger partial charge in [-0.1, -0.05) is 0 Å². The number of rotatable bonds is 2. The van der Waals surface area contributed by atoms with Crippen molar-refractivity contribution in [3.8, 4) is 0 Å². The molecule has 0 fully saturated rings. The average Bonchev–Trinajstić information content (AvgIpc) is 2.59. The van der Waals surface area contributed by atoms with Crippen molar-refractivity contribution in [1.82, 2.24) is 19.1 Å². The highest BCUT2D eigenvalue weighted by Gasteiger charge is 2.04. The van der Waals surface area contributed by atoms with Crippen LogP contribution in [0.25, 0.3) is 0 Å². The van der Waals surface area contributed by atoms with Gasteiger partial charge in [0.1, 0.15) is 0 Å². The highest BCUT2D eigenvalue weighted by molar-refractivity contribution is 7.71. The molecule has 0 spiro atoms. The molecule has 0 atom stereocenters. The number of aromatic amines is 2. The van der Waals surface area contributed by atoms with E-state index in [-0.39, 0.29) is 0 Å². The second-order valence-corrected chi connectivity index (χ2v) is 4.17.